The summed E-state index contributed by atoms with van der Waals surface area (Å²) in [6.45, 7) is 8.98. The van der Waals surface area contributed by atoms with E-state index < -0.39 is 11.7 Å². The summed E-state index contributed by atoms with van der Waals surface area (Å²) in [6, 6.07) is 11.9. The van der Waals surface area contributed by atoms with Crippen molar-refractivity contribution in [2.45, 2.75) is 65.1 Å². The molecule has 1 aromatic carbocycles. The van der Waals surface area contributed by atoms with Crippen LogP contribution in [0.3, 0.4) is 0 Å². The third-order valence-electron chi connectivity index (χ3n) is 5.64. The number of carbonyl (C=O) groups excluding carboxylic acids is 1. The van der Waals surface area contributed by atoms with Crippen LogP contribution in [-0.2, 0) is 4.74 Å². The molecule has 1 atom stereocenters. The average Bonchev–Trinajstić information content (AvgIpc) is 2.66. The lowest BCUT2D eigenvalue weighted by atomic mass is 9.69. The first-order valence-corrected chi connectivity index (χ1v) is 10.3. The molecule has 1 aliphatic heterocycles. The largest absolute Gasteiger partial charge is 0.444 e. The van der Waals surface area contributed by atoms with E-state index in [4.69, 9.17) is 9.72 Å². The maximum atomic E-state index is 12.4. The van der Waals surface area contributed by atoms with Crippen molar-refractivity contribution in [3.63, 3.8) is 0 Å². The molecule has 1 saturated heterocycles. The fraction of sp³-hybridized carbons (Fsp3) is 0.565. The minimum atomic E-state index is -0.641. The average molecular weight is 385 g/mol. The van der Waals surface area contributed by atoms with Gasteiger partial charge in [0.25, 0.3) is 0 Å². The molecule has 0 saturated carbocycles. The van der Waals surface area contributed by atoms with Crippen molar-refractivity contribution in [1.82, 2.24) is 9.88 Å². The molecule has 28 heavy (non-hydrogen) atoms. The lowest BCUT2D eigenvalue weighted by Crippen LogP contribution is -2.47. The van der Waals surface area contributed by atoms with E-state index >= 15 is 0 Å². The van der Waals surface area contributed by atoms with Crippen molar-refractivity contribution in [3.8, 4) is 0 Å². The number of amides is 1. The van der Waals surface area contributed by atoms with Crippen LogP contribution in [0.4, 0.5) is 4.79 Å². The Morgan fingerprint density at radius 1 is 1.21 bits per heavy atom. The number of hydrogen-bond acceptors (Lipinski definition) is 4. The summed E-state index contributed by atoms with van der Waals surface area (Å²) in [5, 5.41) is 12.4. The SMILES string of the molecule is CCCC1(C(O)c2ccc3ccccc3n2)CCN(C(=O)OC(C)(C)C)CC1. The second-order valence-corrected chi connectivity index (χ2v) is 8.91. The van der Waals surface area contributed by atoms with Gasteiger partial charge in [-0.1, -0.05) is 37.6 Å². The van der Waals surface area contributed by atoms with E-state index in [-0.39, 0.29) is 11.5 Å². The molecule has 5 heteroatoms. The first kappa shape index (κ1) is 20.6. The van der Waals surface area contributed by atoms with E-state index in [1.165, 1.54) is 0 Å². The molecule has 5 nitrogen and oxygen atoms in total. The summed E-state index contributed by atoms with van der Waals surface area (Å²) in [4.78, 5) is 18.9. The number of hydrogen-bond donors (Lipinski definition) is 1. The van der Waals surface area contributed by atoms with Gasteiger partial charge in [-0.15, -0.1) is 0 Å². The summed E-state index contributed by atoms with van der Waals surface area (Å²) in [5.74, 6) is 0. The van der Waals surface area contributed by atoms with Crippen LogP contribution < -0.4 is 0 Å². The summed E-state index contributed by atoms with van der Waals surface area (Å²) in [5.41, 5.74) is 0.862. The summed E-state index contributed by atoms with van der Waals surface area (Å²) < 4.78 is 5.51. The fourth-order valence-corrected chi connectivity index (χ4v) is 4.17. The van der Waals surface area contributed by atoms with Crippen molar-refractivity contribution in [2.75, 3.05) is 13.1 Å². The number of benzene rings is 1. The number of pyridine rings is 1. The van der Waals surface area contributed by atoms with Gasteiger partial charge >= 0.3 is 6.09 Å². The molecule has 1 amide bonds. The molecule has 0 aliphatic carbocycles. The maximum absolute atomic E-state index is 12.4. The number of carbonyl (C=O) groups is 1. The molecule has 152 valence electrons. The third kappa shape index (κ3) is 4.46. The smallest absolute Gasteiger partial charge is 0.410 e. The van der Waals surface area contributed by atoms with Crippen LogP contribution in [0.25, 0.3) is 10.9 Å². The summed E-state index contributed by atoms with van der Waals surface area (Å²) in [6.07, 6.45) is 2.47. The lowest BCUT2D eigenvalue weighted by Gasteiger charge is -2.44. The molecular weight excluding hydrogens is 352 g/mol. The van der Waals surface area contributed by atoms with Crippen LogP contribution >= 0.6 is 0 Å². The van der Waals surface area contributed by atoms with Gasteiger partial charge in [-0.25, -0.2) is 4.79 Å². The molecule has 2 aromatic rings. The zero-order valence-corrected chi connectivity index (χ0v) is 17.4. The van der Waals surface area contributed by atoms with Crippen molar-refractivity contribution in [3.05, 3.63) is 42.1 Å². The summed E-state index contributed by atoms with van der Waals surface area (Å²) >= 11 is 0. The highest BCUT2D eigenvalue weighted by atomic mass is 16.6. The van der Waals surface area contributed by atoms with Gasteiger partial charge in [-0.2, -0.15) is 0 Å². The highest BCUT2D eigenvalue weighted by molar-refractivity contribution is 5.78. The van der Waals surface area contributed by atoms with E-state index in [1.54, 1.807) is 4.90 Å². The molecule has 0 spiro atoms. The Kier molecular flexibility index (Phi) is 5.94. The molecule has 1 N–H and O–H groups in total. The predicted molar refractivity (Wildman–Crippen MR) is 111 cm³/mol. The second kappa shape index (κ2) is 8.08. The Labute approximate surface area is 167 Å². The standard InChI is InChI=1S/C23H32N2O3/c1-5-12-23(13-15-25(16-14-23)21(27)28-22(2,3)4)20(26)19-11-10-17-8-6-7-9-18(17)24-19/h6-11,20,26H,5,12-16H2,1-4H3. The number of piperidine rings is 1. The number of aliphatic hydroxyl groups excluding tert-OH is 1. The lowest BCUT2D eigenvalue weighted by molar-refractivity contribution is -0.0417. The zero-order valence-electron chi connectivity index (χ0n) is 17.4. The Morgan fingerprint density at radius 2 is 1.89 bits per heavy atom. The third-order valence-corrected chi connectivity index (χ3v) is 5.64. The number of rotatable bonds is 4. The number of likely N-dealkylation sites (tertiary alicyclic amines) is 1. The Bertz CT molecular complexity index is 820. The molecule has 0 bridgehead atoms. The number of para-hydroxylation sites is 1. The number of ether oxygens (including phenoxy) is 1. The highest BCUT2D eigenvalue weighted by Crippen LogP contribution is 2.46. The highest BCUT2D eigenvalue weighted by Gasteiger charge is 2.42. The molecule has 1 unspecified atom stereocenters. The van der Waals surface area contributed by atoms with Gasteiger partial charge in [0.2, 0.25) is 0 Å². The number of aromatic nitrogens is 1. The van der Waals surface area contributed by atoms with Crippen LogP contribution in [-0.4, -0.2) is 39.8 Å². The first-order chi connectivity index (χ1) is 13.2. The molecule has 0 radical (unpaired) electrons. The molecule has 1 fully saturated rings. The van der Waals surface area contributed by atoms with Crippen LogP contribution in [0.2, 0.25) is 0 Å². The molecule has 1 aromatic heterocycles. The van der Waals surface area contributed by atoms with Gasteiger partial charge in [0.1, 0.15) is 11.7 Å². The van der Waals surface area contributed by atoms with Crippen molar-refractivity contribution < 1.29 is 14.6 Å². The van der Waals surface area contributed by atoms with Crippen molar-refractivity contribution >= 4 is 17.0 Å². The maximum Gasteiger partial charge on any atom is 0.410 e. The predicted octanol–water partition coefficient (Wildman–Crippen LogP) is 5.09. The Morgan fingerprint density at radius 3 is 2.54 bits per heavy atom. The zero-order chi connectivity index (χ0) is 20.4. The van der Waals surface area contributed by atoms with E-state index in [1.807, 2.05) is 57.2 Å². The van der Waals surface area contributed by atoms with Gasteiger partial charge in [-0.05, 0) is 52.2 Å². The number of nitrogens with zero attached hydrogens (tertiary/aromatic N) is 2. The van der Waals surface area contributed by atoms with E-state index in [2.05, 4.69) is 6.92 Å². The summed E-state index contributed by atoms with van der Waals surface area (Å²) in [7, 11) is 0. The van der Waals surface area contributed by atoms with Crippen molar-refractivity contribution in [1.29, 1.82) is 0 Å². The monoisotopic (exact) mass is 384 g/mol. The minimum Gasteiger partial charge on any atom is -0.444 e. The van der Waals surface area contributed by atoms with E-state index in [0.717, 1.165) is 42.3 Å². The van der Waals surface area contributed by atoms with Crippen LogP contribution in [0, 0.1) is 5.41 Å². The second-order valence-electron chi connectivity index (χ2n) is 8.91. The van der Waals surface area contributed by atoms with Crippen LogP contribution in [0.15, 0.2) is 36.4 Å². The van der Waals surface area contributed by atoms with Gasteiger partial charge in [-0.3, -0.25) is 4.98 Å². The molecule has 2 heterocycles. The van der Waals surface area contributed by atoms with Gasteiger partial charge in [0.15, 0.2) is 0 Å². The minimum absolute atomic E-state index is 0.261. The topological polar surface area (TPSA) is 62.7 Å². The quantitative estimate of drug-likeness (QED) is 0.798. The van der Waals surface area contributed by atoms with E-state index in [0.29, 0.717) is 13.1 Å². The van der Waals surface area contributed by atoms with Crippen LogP contribution in [0.1, 0.15) is 65.2 Å². The Balaban J connectivity index is 1.77. The molecule has 1 aliphatic rings. The normalized spacial score (nSPS) is 18.1. The Hall–Kier alpha value is -2.14. The fourth-order valence-electron chi connectivity index (χ4n) is 4.17. The number of fused-ring (bicyclic) bond motifs is 1. The van der Waals surface area contributed by atoms with Gasteiger partial charge < -0.3 is 14.7 Å². The van der Waals surface area contributed by atoms with Crippen molar-refractivity contribution in [2.24, 2.45) is 5.41 Å². The van der Waals surface area contributed by atoms with E-state index in [9.17, 15) is 9.90 Å². The molecular formula is C23H32N2O3. The first-order valence-electron chi connectivity index (χ1n) is 10.3. The number of aliphatic hydroxyl groups is 1. The van der Waals surface area contributed by atoms with Gasteiger partial charge in [0, 0.05) is 23.9 Å². The van der Waals surface area contributed by atoms with Crippen LogP contribution in [0.5, 0.6) is 0 Å². The molecule has 3 rings (SSSR count). The van der Waals surface area contributed by atoms with Gasteiger partial charge in [0.05, 0.1) is 11.2 Å².